The fourth-order valence-electron chi connectivity index (χ4n) is 1.72. The maximum atomic E-state index is 12.5. The summed E-state index contributed by atoms with van der Waals surface area (Å²) < 4.78 is 31.6. The van der Waals surface area contributed by atoms with Crippen LogP contribution in [0.1, 0.15) is 13.8 Å². The van der Waals surface area contributed by atoms with Crippen LogP contribution in [-0.2, 0) is 10.0 Å². The lowest BCUT2D eigenvalue weighted by atomic mass is 10.3. The van der Waals surface area contributed by atoms with Gasteiger partial charge in [-0.2, -0.15) is 4.31 Å². The number of aliphatic hydroxyl groups is 1. The van der Waals surface area contributed by atoms with E-state index in [1.807, 2.05) is 13.8 Å². The summed E-state index contributed by atoms with van der Waals surface area (Å²) in [4.78, 5) is 0.212. The standard InChI is InChI=1S/C14H21NO4S/c1-4-9-15(12(2)3)20(17,18)14-7-5-13(6-8-14)19-11-10-16/h4-8,12,16H,1,9-11H2,2-3H3. The Labute approximate surface area is 120 Å². The number of hydrogen-bond donors (Lipinski definition) is 1. The molecule has 5 nitrogen and oxygen atoms in total. The fourth-order valence-corrected chi connectivity index (χ4v) is 3.33. The fraction of sp³-hybridized carbons (Fsp3) is 0.429. The number of benzene rings is 1. The molecule has 0 aliphatic rings. The molecule has 0 fully saturated rings. The van der Waals surface area contributed by atoms with Gasteiger partial charge in [0, 0.05) is 12.6 Å². The van der Waals surface area contributed by atoms with Crippen molar-refractivity contribution in [3.63, 3.8) is 0 Å². The molecule has 0 atom stereocenters. The molecule has 0 aromatic heterocycles. The first kappa shape index (κ1) is 16.7. The van der Waals surface area contributed by atoms with Gasteiger partial charge in [-0.1, -0.05) is 6.08 Å². The lowest BCUT2D eigenvalue weighted by Crippen LogP contribution is -2.36. The second-order valence-electron chi connectivity index (χ2n) is 4.50. The molecule has 0 radical (unpaired) electrons. The average Bonchev–Trinajstić information content (AvgIpc) is 2.42. The van der Waals surface area contributed by atoms with Crippen molar-refractivity contribution in [3.8, 4) is 5.75 Å². The van der Waals surface area contributed by atoms with Crippen LogP contribution in [0.4, 0.5) is 0 Å². The van der Waals surface area contributed by atoms with E-state index in [1.54, 1.807) is 18.2 Å². The minimum absolute atomic E-state index is 0.0828. The smallest absolute Gasteiger partial charge is 0.243 e. The molecule has 0 heterocycles. The molecule has 0 aliphatic heterocycles. The van der Waals surface area contributed by atoms with Gasteiger partial charge < -0.3 is 9.84 Å². The number of aliphatic hydroxyl groups excluding tert-OH is 1. The highest BCUT2D eigenvalue weighted by Crippen LogP contribution is 2.21. The molecule has 112 valence electrons. The summed E-state index contributed by atoms with van der Waals surface area (Å²) in [5.41, 5.74) is 0. The van der Waals surface area contributed by atoms with Gasteiger partial charge in [0.25, 0.3) is 0 Å². The number of ether oxygens (including phenoxy) is 1. The molecule has 1 rings (SSSR count). The first-order valence-corrected chi connectivity index (χ1v) is 7.84. The molecule has 20 heavy (non-hydrogen) atoms. The van der Waals surface area contributed by atoms with Gasteiger partial charge in [-0.3, -0.25) is 0 Å². The minimum atomic E-state index is -3.54. The summed E-state index contributed by atoms with van der Waals surface area (Å²) in [6.07, 6.45) is 1.57. The molecule has 0 aliphatic carbocycles. The SMILES string of the molecule is C=CCN(C(C)C)S(=O)(=O)c1ccc(OCCO)cc1. The van der Waals surface area contributed by atoms with Crippen LogP contribution in [0.15, 0.2) is 41.8 Å². The van der Waals surface area contributed by atoms with Crippen LogP contribution in [-0.4, -0.2) is 43.6 Å². The Morgan fingerprint density at radius 3 is 2.40 bits per heavy atom. The Morgan fingerprint density at radius 1 is 1.35 bits per heavy atom. The van der Waals surface area contributed by atoms with Gasteiger partial charge in [-0.25, -0.2) is 8.42 Å². The zero-order chi connectivity index (χ0) is 15.2. The third kappa shape index (κ3) is 4.06. The van der Waals surface area contributed by atoms with Crippen molar-refractivity contribution in [2.24, 2.45) is 0 Å². The third-order valence-electron chi connectivity index (χ3n) is 2.68. The zero-order valence-corrected chi connectivity index (χ0v) is 12.6. The number of rotatable bonds is 8. The normalized spacial score (nSPS) is 11.8. The van der Waals surface area contributed by atoms with Crippen molar-refractivity contribution < 1.29 is 18.3 Å². The maximum Gasteiger partial charge on any atom is 0.243 e. The Balaban J connectivity index is 2.99. The largest absolute Gasteiger partial charge is 0.491 e. The zero-order valence-electron chi connectivity index (χ0n) is 11.8. The summed E-state index contributed by atoms with van der Waals surface area (Å²) >= 11 is 0. The molecule has 1 aromatic carbocycles. The van der Waals surface area contributed by atoms with Crippen LogP contribution in [0, 0.1) is 0 Å². The predicted molar refractivity (Wildman–Crippen MR) is 78.2 cm³/mol. The monoisotopic (exact) mass is 299 g/mol. The van der Waals surface area contributed by atoms with Crippen molar-refractivity contribution in [2.45, 2.75) is 24.8 Å². The topological polar surface area (TPSA) is 66.8 Å². The third-order valence-corrected chi connectivity index (χ3v) is 4.73. The maximum absolute atomic E-state index is 12.5. The van der Waals surface area contributed by atoms with Gasteiger partial charge in [0.15, 0.2) is 0 Å². The van der Waals surface area contributed by atoms with E-state index in [9.17, 15) is 8.42 Å². The van der Waals surface area contributed by atoms with E-state index >= 15 is 0 Å². The molecule has 0 amide bonds. The number of nitrogens with zero attached hydrogens (tertiary/aromatic N) is 1. The lowest BCUT2D eigenvalue weighted by molar-refractivity contribution is 0.201. The average molecular weight is 299 g/mol. The molecule has 0 unspecified atom stereocenters. The van der Waals surface area contributed by atoms with Crippen LogP contribution in [0.25, 0.3) is 0 Å². The Bertz CT molecular complexity index is 523. The molecule has 1 N–H and O–H groups in total. The van der Waals surface area contributed by atoms with E-state index in [0.29, 0.717) is 5.75 Å². The van der Waals surface area contributed by atoms with Crippen LogP contribution in [0.3, 0.4) is 0 Å². The molecule has 6 heteroatoms. The van der Waals surface area contributed by atoms with Gasteiger partial charge in [-0.05, 0) is 38.1 Å². The van der Waals surface area contributed by atoms with Crippen molar-refractivity contribution >= 4 is 10.0 Å². The first-order chi connectivity index (χ1) is 9.43. The molecular formula is C14H21NO4S. The highest BCUT2D eigenvalue weighted by Gasteiger charge is 2.25. The second-order valence-corrected chi connectivity index (χ2v) is 6.39. The molecule has 0 bridgehead atoms. The van der Waals surface area contributed by atoms with Crippen molar-refractivity contribution in [1.29, 1.82) is 0 Å². The molecule has 0 spiro atoms. The van der Waals surface area contributed by atoms with Crippen LogP contribution >= 0.6 is 0 Å². The summed E-state index contributed by atoms with van der Waals surface area (Å²) in [5.74, 6) is 0.526. The van der Waals surface area contributed by atoms with E-state index in [4.69, 9.17) is 9.84 Å². The minimum Gasteiger partial charge on any atom is -0.491 e. The Morgan fingerprint density at radius 2 is 1.95 bits per heavy atom. The number of hydrogen-bond acceptors (Lipinski definition) is 4. The van der Waals surface area contributed by atoms with Gasteiger partial charge in [-0.15, -0.1) is 6.58 Å². The lowest BCUT2D eigenvalue weighted by Gasteiger charge is -2.24. The van der Waals surface area contributed by atoms with E-state index in [0.717, 1.165) is 0 Å². The van der Waals surface area contributed by atoms with Gasteiger partial charge in [0.1, 0.15) is 12.4 Å². The van der Waals surface area contributed by atoms with Crippen molar-refractivity contribution in [2.75, 3.05) is 19.8 Å². The molecule has 0 saturated heterocycles. The van der Waals surface area contributed by atoms with Crippen LogP contribution in [0.5, 0.6) is 5.75 Å². The van der Waals surface area contributed by atoms with Crippen molar-refractivity contribution in [1.82, 2.24) is 4.31 Å². The number of sulfonamides is 1. The van der Waals surface area contributed by atoms with Crippen molar-refractivity contribution in [3.05, 3.63) is 36.9 Å². The predicted octanol–water partition coefficient (Wildman–Crippen LogP) is 1.64. The highest BCUT2D eigenvalue weighted by molar-refractivity contribution is 7.89. The van der Waals surface area contributed by atoms with E-state index in [2.05, 4.69) is 6.58 Å². The van der Waals surface area contributed by atoms with E-state index < -0.39 is 10.0 Å². The summed E-state index contributed by atoms with van der Waals surface area (Å²) in [5, 5.41) is 8.67. The van der Waals surface area contributed by atoms with Gasteiger partial charge in [0.2, 0.25) is 10.0 Å². The molecule has 0 saturated carbocycles. The quantitative estimate of drug-likeness (QED) is 0.741. The highest BCUT2D eigenvalue weighted by atomic mass is 32.2. The Kier molecular flexibility index (Phi) is 6.19. The molecule has 1 aromatic rings. The summed E-state index contributed by atoms with van der Waals surface area (Å²) in [6, 6.07) is 6.01. The van der Waals surface area contributed by atoms with E-state index in [-0.39, 0.29) is 30.7 Å². The van der Waals surface area contributed by atoms with Gasteiger partial charge in [0.05, 0.1) is 11.5 Å². The Hall–Kier alpha value is -1.37. The first-order valence-electron chi connectivity index (χ1n) is 6.40. The van der Waals surface area contributed by atoms with Crippen LogP contribution < -0.4 is 4.74 Å². The summed E-state index contributed by atoms with van der Waals surface area (Å²) in [7, 11) is -3.54. The second kappa shape index (κ2) is 7.42. The van der Waals surface area contributed by atoms with E-state index in [1.165, 1.54) is 16.4 Å². The summed E-state index contributed by atoms with van der Waals surface area (Å²) in [6.45, 7) is 7.59. The van der Waals surface area contributed by atoms with Gasteiger partial charge >= 0.3 is 0 Å². The van der Waals surface area contributed by atoms with Crippen LogP contribution in [0.2, 0.25) is 0 Å². The molecular weight excluding hydrogens is 278 g/mol.